The largest absolute Gasteiger partial charge is 0.497 e. The molecule has 0 aliphatic heterocycles. The van der Waals surface area contributed by atoms with Gasteiger partial charge in [0.1, 0.15) is 11.5 Å². The maximum atomic E-state index is 12.7. The van der Waals surface area contributed by atoms with Gasteiger partial charge in [0, 0.05) is 18.2 Å². The van der Waals surface area contributed by atoms with Crippen molar-refractivity contribution < 1.29 is 22.7 Å². The Morgan fingerprint density at radius 1 is 1.11 bits per heavy atom. The van der Waals surface area contributed by atoms with Crippen LogP contribution in [0.1, 0.15) is 28.9 Å². The van der Waals surface area contributed by atoms with Crippen molar-refractivity contribution in [2.45, 2.75) is 13.0 Å². The molecule has 27 heavy (non-hydrogen) atoms. The average Bonchev–Trinajstić information content (AvgIpc) is 2.66. The van der Waals surface area contributed by atoms with Crippen molar-refractivity contribution in [1.82, 2.24) is 5.32 Å². The van der Waals surface area contributed by atoms with Crippen LogP contribution in [0.3, 0.4) is 0 Å². The molecular weight excluding hydrogens is 368 g/mol. The lowest BCUT2D eigenvalue weighted by Crippen LogP contribution is -2.28. The molecule has 0 aromatic heterocycles. The molecule has 2 rings (SSSR count). The van der Waals surface area contributed by atoms with E-state index in [0.717, 1.165) is 16.1 Å². The number of hydrogen-bond acceptors (Lipinski definition) is 5. The van der Waals surface area contributed by atoms with E-state index in [0.29, 0.717) is 22.7 Å². The Morgan fingerprint density at radius 3 is 2.41 bits per heavy atom. The zero-order chi connectivity index (χ0) is 20.2. The molecule has 7 nitrogen and oxygen atoms in total. The number of rotatable bonds is 7. The molecule has 1 N–H and O–H groups in total. The van der Waals surface area contributed by atoms with Gasteiger partial charge < -0.3 is 14.8 Å². The van der Waals surface area contributed by atoms with Gasteiger partial charge in [-0.2, -0.15) is 0 Å². The normalized spacial score (nSPS) is 12.2. The van der Waals surface area contributed by atoms with Gasteiger partial charge in [-0.1, -0.05) is 6.07 Å². The first kappa shape index (κ1) is 20.6. The van der Waals surface area contributed by atoms with E-state index < -0.39 is 10.0 Å². The van der Waals surface area contributed by atoms with Crippen molar-refractivity contribution >= 4 is 21.6 Å². The van der Waals surface area contributed by atoms with Gasteiger partial charge >= 0.3 is 0 Å². The number of carbonyl (C=O) groups is 1. The van der Waals surface area contributed by atoms with Crippen LogP contribution >= 0.6 is 0 Å². The molecule has 0 radical (unpaired) electrons. The average molecular weight is 392 g/mol. The molecule has 2 aromatic rings. The number of nitrogens with zero attached hydrogens (tertiary/aromatic N) is 1. The zero-order valence-corrected chi connectivity index (χ0v) is 16.8. The molecule has 0 unspecified atom stereocenters. The van der Waals surface area contributed by atoms with Gasteiger partial charge in [-0.05, 0) is 43.3 Å². The summed E-state index contributed by atoms with van der Waals surface area (Å²) in [5.41, 5.74) is 1.54. The van der Waals surface area contributed by atoms with Crippen LogP contribution in [0.25, 0.3) is 0 Å². The number of hydrogen-bond donors (Lipinski definition) is 1. The highest BCUT2D eigenvalue weighted by Crippen LogP contribution is 2.29. The highest BCUT2D eigenvalue weighted by Gasteiger charge is 2.18. The molecule has 0 spiro atoms. The first-order chi connectivity index (χ1) is 12.7. The van der Waals surface area contributed by atoms with Gasteiger partial charge in [0.25, 0.3) is 5.91 Å². The van der Waals surface area contributed by atoms with Gasteiger partial charge in [-0.3, -0.25) is 9.10 Å². The lowest BCUT2D eigenvalue weighted by Gasteiger charge is -2.20. The Hall–Kier alpha value is -2.74. The van der Waals surface area contributed by atoms with Crippen LogP contribution in [0.4, 0.5) is 5.69 Å². The molecule has 1 atom stereocenters. The molecule has 0 aliphatic rings. The molecule has 8 heteroatoms. The summed E-state index contributed by atoms with van der Waals surface area (Å²) in [5, 5.41) is 2.90. The zero-order valence-electron chi connectivity index (χ0n) is 16.0. The fraction of sp³-hybridized carbons (Fsp3) is 0.316. The smallest absolute Gasteiger partial charge is 0.251 e. The van der Waals surface area contributed by atoms with Crippen molar-refractivity contribution in [2.24, 2.45) is 0 Å². The maximum absolute atomic E-state index is 12.7. The lowest BCUT2D eigenvalue weighted by atomic mass is 10.1. The van der Waals surface area contributed by atoms with Gasteiger partial charge in [0.2, 0.25) is 10.0 Å². The van der Waals surface area contributed by atoms with Crippen LogP contribution in [0, 0.1) is 0 Å². The summed E-state index contributed by atoms with van der Waals surface area (Å²) in [6.07, 6.45) is 1.11. The minimum atomic E-state index is -3.41. The molecule has 0 fully saturated rings. The number of methoxy groups -OCH3 is 2. The molecule has 0 saturated heterocycles. The predicted octanol–water partition coefficient (Wildman–Crippen LogP) is 2.59. The molecule has 0 aliphatic carbocycles. The summed E-state index contributed by atoms with van der Waals surface area (Å²) in [7, 11) is 1.16. The third-order valence-corrected chi connectivity index (χ3v) is 5.43. The fourth-order valence-corrected chi connectivity index (χ4v) is 3.07. The maximum Gasteiger partial charge on any atom is 0.251 e. The van der Waals surface area contributed by atoms with E-state index in [4.69, 9.17) is 9.47 Å². The topological polar surface area (TPSA) is 84.9 Å². The molecule has 146 valence electrons. The van der Waals surface area contributed by atoms with Crippen LogP contribution in [-0.2, 0) is 10.0 Å². The third kappa shape index (κ3) is 4.91. The Morgan fingerprint density at radius 2 is 1.81 bits per heavy atom. The number of sulfonamides is 1. The second kappa shape index (κ2) is 8.30. The Kier molecular flexibility index (Phi) is 6.32. The number of nitrogens with one attached hydrogen (secondary N) is 1. The second-order valence-corrected chi connectivity index (χ2v) is 8.10. The number of anilines is 1. The number of amides is 1. The number of ether oxygens (including phenoxy) is 2. The van der Waals surface area contributed by atoms with Crippen molar-refractivity contribution in [3.63, 3.8) is 0 Å². The first-order valence-electron chi connectivity index (χ1n) is 8.24. The Balaban J connectivity index is 2.25. The van der Waals surface area contributed by atoms with Crippen molar-refractivity contribution in [3.8, 4) is 11.5 Å². The van der Waals surface area contributed by atoms with Crippen LogP contribution < -0.4 is 19.1 Å². The molecule has 0 bridgehead atoms. The summed E-state index contributed by atoms with van der Waals surface area (Å²) in [5.74, 6) is 0.967. The third-order valence-electron chi connectivity index (χ3n) is 4.22. The van der Waals surface area contributed by atoms with Crippen LogP contribution in [0.5, 0.6) is 11.5 Å². The highest BCUT2D eigenvalue weighted by atomic mass is 32.2. The summed E-state index contributed by atoms with van der Waals surface area (Å²) >= 11 is 0. The monoisotopic (exact) mass is 392 g/mol. The summed E-state index contributed by atoms with van der Waals surface area (Å²) in [6.45, 7) is 1.83. The fourth-order valence-electron chi connectivity index (χ4n) is 2.57. The molecule has 1 amide bonds. The first-order valence-corrected chi connectivity index (χ1v) is 10.1. The standard InChI is InChI=1S/C19H24N2O5S/c1-13(17-12-16(25-3)9-10-18(17)26-4)20-19(22)14-7-6-8-15(11-14)21(2)27(5,23)24/h6-13H,1-5H3,(H,20,22)/t13-/m0/s1. The van der Waals surface area contributed by atoms with E-state index in [-0.39, 0.29) is 11.9 Å². The van der Waals surface area contributed by atoms with Crippen molar-refractivity contribution in [1.29, 1.82) is 0 Å². The number of benzene rings is 2. The van der Waals surface area contributed by atoms with E-state index in [1.165, 1.54) is 13.1 Å². The Labute approximate surface area is 160 Å². The van der Waals surface area contributed by atoms with E-state index in [2.05, 4.69) is 5.32 Å². The van der Waals surface area contributed by atoms with E-state index >= 15 is 0 Å². The van der Waals surface area contributed by atoms with Crippen molar-refractivity contribution in [3.05, 3.63) is 53.6 Å². The summed E-state index contributed by atoms with van der Waals surface area (Å²) in [4.78, 5) is 12.7. The van der Waals surface area contributed by atoms with E-state index in [9.17, 15) is 13.2 Å². The molecule has 2 aromatic carbocycles. The number of carbonyl (C=O) groups excluding carboxylic acids is 1. The Bertz CT molecular complexity index is 927. The molecular formula is C19H24N2O5S. The lowest BCUT2D eigenvalue weighted by molar-refractivity contribution is 0.0939. The predicted molar refractivity (Wildman–Crippen MR) is 105 cm³/mol. The SMILES string of the molecule is COc1ccc(OC)c([C@H](C)NC(=O)c2cccc(N(C)S(C)(=O)=O)c2)c1. The van der Waals surface area contributed by atoms with Crippen LogP contribution in [0.15, 0.2) is 42.5 Å². The van der Waals surface area contributed by atoms with Crippen LogP contribution in [0.2, 0.25) is 0 Å². The van der Waals surface area contributed by atoms with Gasteiger partial charge in [-0.25, -0.2) is 8.42 Å². The van der Waals surface area contributed by atoms with Crippen molar-refractivity contribution in [2.75, 3.05) is 31.8 Å². The van der Waals surface area contributed by atoms with Gasteiger partial charge in [-0.15, -0.1) is 0 Å². The minimum Gasteiger partial charge on any atom is -0.497 e. The van der Waals surface area contributed by atoms with Crippen LogP contribution in [-0.4, -0.2) is 41.8 Å². The van der Waals surface area contributed by atoms with E-state index in [1.807, 2.05) is 6.92 Å². The minimum absolute atomic E-state index is 0.323. The van der Waals surface area contributed by atoms with E-state index in [1.54, 1.807) is 50.6 Å². The quantitative estimate of drug-likeness (QED) is 0.783. The highest BCUT2D eigenvalue weighted by molar-refractivity contribution is 7.92. The molecule has 0 saturated carbocycles. The molecule has 0 heterocycles. The second-order valence-electron chi connectivity index (χ2n) is 6.08. The van der Waals surface area contributed by atoms with Gasteiger partial charge in [0.15, 0.2) is 0 Å². The summed E-state index contributed by atoms with van der Waals surface area (Å²) < 4.78 is 35.1. The van der Waals surface area contributed by atoms with Gasteiger partial charge in [0.05, 0.1) is 32.2 Å². The summed E-state index contributed by atoms with van der Waals surface area (Å²) in [6, 6.07) is 11.4.